The van der Waals surface area contributed by atoms with Crippen molar-refractivity contribution in [3.63, 3.8) is 0 Å². The number of non-ortho nitro benzene ring substituents is 1. The summed E-state index contributed by atoms with van der Waals surface area (Å²) in [5.74, 6) is 0.237. The molecule has 0 amide bonds. The third-order valence-corrected chi connectivity index (χ3v) is 8.16. The first-order valence-corrected chi connectivity index (χ1v) is 13.0. The Labute approximate surface area is 215 Å². The van der Waals surface area contributed by atoms with E-state index < -0.39 is 20.9 Å². The molecule has 1 aliphatic rings. The van der Waals surface area contributed by atoms with Crippen LogP contribution in [0.25, 0.3) is 5.70 Å². The van der Waals surface area contributed by atoms with Gasteiger partial charge in [-0.05, 0) is 72.2 Å². The molecule has 0 N–H and O–H groups in total. The van der Waals surface area contributed by atoms with E-state index in [0.717, 1.165) is 11.1 Å². The molecule has 4 aromatic rings. The van der Waals surface area contributed by atoms with Crippen molar-refractivity contribution in [2.45, 2.75) is 17.7 Å². The fourth-order valence-electron chi connectivity index (χ4n) is 4.54. The van der Waals surface area contributed by atoms with E-state index in [1.807, 2.05) is 31.2 Å². The fraction of sp³-hybridized carbons (Fsp3) is 0.103. The summed E-state index contributed by atoms with van der Waals surface area (Å²) < 4.78 is 34.9. The first-order valence-electron chi connectivity index (χ1n) is 11.6. The molecule has 4 aromatic carbocycles. The average Bonchev–Trinajstić information content (AvgIpc) is 2.92. The van der Waals surface area contributed by atoms with E-state index >= 15 is 0 Å². The standard InChI is InChI=1S/C29H24N2O5S/c1-20-10-16-25(17-11-20)37(34,35)30-28-9-4-3-8-26(28)27(22-6-5-7-23(18-22)31(32)33)19-29(30)21-12-14-24(36-2)15-13-21/h3-19,27H,1-2H3. The molecule has 0 spiro atoms. The van der Waals surface area contributed by atoms with Gasteiger partial charge in [-0.2, -0.15) is 0 Å². The van der Waals surface area contributed by atoms with Crippen molar-refractivity contribution in [3.05, 3.63) is 136 Å². The van der Waals surface area contributed by atoms with Crippen molar-refractivity contribution in [1.82, 2.24) is 0 Å². The van der Waals surface area contributed by atoms with Crippen LogP contribution in [-0.2, 0) is 10.0 Å². The number of hydrogen-bond acceptors (Lipinski definition) is 5. The Kier molecular flexibility index (Phi) is 6.27. The Morgan fingerprint density at radius 3 is 2.27 bits per heavy atom. The molecule has 1 atom stereocenters. The van der Waals surface area contributed by atoms with E-state index in [1.165, 1.54) is 16.4 Å². The lowest BCUT2D eigenvalue weighted by molar-refractivity contribution is -0.384. The topological polar surface area (TPSA) is 89.8 Å². The first kappa shape index (κ1) is 24.3. The molecule has 0 saturated carbocycles. The summed E-state index contributed by atoms with van der Waals surface area (Å²) in [7, 11) is -2.44. The number of sulfonamides is 1. The number of nitro groups is 1. The van der Waals surface area contributed by atoms with Gasteiger partial charge in [0, 0.05) is 18.1 Å². The van der Waals surface area contributed by atoms with Gasteiger partial charge in [0.05, 0.1) is 28.3 Å². The van der Waals surface area contributed by atoms with Gasteiger partial charge in [0.25, 0.3) is 15.7 Å². The van der Waals surface area contributed by atoms with Gasteiger partial charge in [-0.1, -0.05) is 48.0 Å². The number of fused-ring (bicyclic) bond motifs is 1. The molecule has 5 rings (SSSR count). The summed E-state index contributed by atoms with van der Waals surface area (Å²) in [4.78, 5) is 11.2. The van der Waals surface area contributed by atoms with Crippen molar-refractivity contribution >= 4 is 27.1 Å². The quantitative estimate of drug-likeness (QED) is 0.224. The van der Waals surface area contributed by atoms with Gasteiger partial charge in [-0.25, -0.2) is 12.7 Å². The van der Waals surface area contributed by atoms with Gasteiger partial charge in [0.1, 0.15) is 5.75 Å². The minimum Gasteiger partial charge on any atom is -0.497 e. The molecule has 8 heteroatoms. The number of nitro benzene ring substituents is 1. The van der Waals surface area contributed by atoms with Crippen LogP contribution in [0.2, 0.25) is 0 Å². The van der Waals surface area contributed by atoms with Gasteiger partial charge in [0.2, 0.25) is 0 Å². The van der Waals surface area contributed by atoms with Gasteiger partial charge in [0.15, 0.2) is 0 Å². The highest BCUT2D eigenvalue weighted by molar-refractivity contribution is 7.93. The molecule has 0 saturated heterocycles. The summed E-state index contributed by atoms with van der Waals surface area (Å²) >= 11 is 0. The van der Waals surface area contributed by atoms with Crippen LogP contribution in [0.5, 0.6) is 5.75 Å². The Hall–Kier alpha value is -4.43. The fourth-order valence-corrected chi connectivity index (χ4v) is 6.08. The summed E-state index contributed by atoms with van der Waals surface area (Å²) in [5, 5.41) is 11.5. The number of anilines is 1. The van der Waals surface area contributed by atoms with Crippen LogP contribution < -0.4 is 9.04 Å². The molecule has 186 valence electrons. The summed E-state index contributed by atoms with van der Waals surface area (Å²) in [6, 6.07) is 27.6. The minimum atomic E-state index is -4.01. The predicted octanol–water partition coefficient (Wildman–Crippen LogP) is 6.29. The predicted molar refractivity (Wildman–Crippen MR) is 143 cm³/mol. The van der Waals surface area contributed by atoms with Crippen LogP contribution >= 0.6 is 0 Å². The molecular formula is C29H24N2O5S. The Bertz CT molecular complexity index is 1610. The number of ether oxygens (including phenoxy) is 1. The second kappa shape index (κ2) is 9.55. The van der Waals surface area contributed by atoms with Gasteiger partial charge in [-0.15, -0.1) is 0 Å². The highest BCUT2D eigenvalue weighted by Gasteiger charge is 2.36. The number of nitrogens with zero attached hydrogens (tertiary/aromatic N) is 2. The molecule has 0 aliphatic carbocycles. The van der Waals surface area contributed by atoms with Crippen LogP contribution in [0.4, 0.5) is 11.4 Å². The number of rotatable bonds is 6. The summed E-state index contributed by atoms with van der Waals surface area (Å²) in [5.41, 5.74) is 3.97. The number of allylic oxidation sites excluding steroid dienone is 1. The third-order valence-electron chi connectivity index (χ3n) is 6.42. The number of methoxy groups -OCH3 is 1. The lowest BCUT2D eigenvalue weighted by Crippen LogP contribution is -2.33. The highest BCUT2D eigenvalue weighted by atomic mass is 32.2. The van der Waals surface area contributed by atoms with Gasteiger partial charge < -0.3 is 4.74 Å². The SMILES string of the molecule is COc1ccc(C2=CC(c3cccc([N+](=O)[O-])c3)c3ccccc3N2S(=O)(=O)c2ccc(C)cc2)cc1. The zero-order valence-corrected chi connectivity index (χ0v) is 21.1. The number of aryl methyl sites for hydroxylation is 1. The molecule has 0 aromatic heterocycles. The summed E-state index contributed by atoms with van der Waals surface area (Å²) in [6.45, 7) is 1.90. The van der Waals surface area contributed by atoms with Gasteiger partial charge in [-0.3, -0.25) is 10.1 Å². The molecule has 37 heavy (non-hydrogen) atoms. The van der Waals surface area contributed by atoms with Crippen molar-refractivity contribution in [2.75, 3.05) is 11.4 Å². The smallest absolute Gasteiger partial charge is 0.269 e. The minimum absolute atomic E-state index is 0.0240. The normalized spacial score (nSPS) is 15.0. The van der Waals surface area contributed by atoms with Crippen LogP contribution in [0, 0.1) is 17.0 Å². The van der Waals surface area contributed by atoms with E-state index in [1.54, 1.807) is 73.8 Å². The maximum Gasteiger partial charge on any atom is 0.269 e. The molecule has 1 aliphatic heterocycles. The van der Waals surface area contributed by atoms with Crippen molar-refractivity contribution in [3.8, 4) is 5.75 Å². The first-order chi connectivity index (χ1) is 17.8. The molecule has 0 bridgehead atoms. The second-order valence-electron chi connectivity index (χ2n) is 8.75. The molecule has 0 fully saturated rings. The Morgan fingerprint density at radius 2 is 1.59 bits per heavy atom. The van der Waals surface area contributed by atoms with Crippen LogP contribution in [0.1, 0.15) is 28.2 Å². The number of benzene rings is 4. The lowest BCUT2D eigenvalue weighted by Gasteiger charge is -2.35. The van der Waals surface area contributed by atoms with Crippen molar-refractivity contribution in [2.24, 2.45) is 0 Å². The van der Waals surface area contributed by atoms with Crippen molar-refractivity contribution in [1.29, 1.82) is 0 Å². The van der Waals surface area contributed by atoms with Crippen LogP contribution in [0.15, 0.2) is 108 Å². The Balaban J connectivity index is 1.76. The molecule has 0 radical (unpaired) electrons. The third kappa shape index (κ3) is 4.47. The average molecular weight is 513 g/mol. The Morgan fingerprint density at radius 1 is 0.892 bits per heavy atom. The number of para-hydroxylation sites is 1. The number of hydrogen-bond donors (Lipinski definition) is 0. The zero-order valence-electron chi connectivity index (χ0n) is 20.2. The second-order valence-corrected chi connectivity index (χ2v) is 10.5. The molecule has 1 unspecified atom stereocenters. The molecule has 7 nitrogen and oxygen atoms in total. The molecule has 1 heterocycles. The largest absolute Gasteiger partial charge is 0.497 e. The van der Waals surface area contributed by atoms with E-state index in [-0.39, 0.29) is 10.6 Å². The maximum atomic E-state index is 14.1. The van der Waals surface area contributed by atoms with E-state index in [0.29, 0.717) is 28.3 Å². The van der Waals surface area contributed by atoms with E-state index in [4.69, 9.17) is 4.74 Å². The van der Waals surface area contributed by atoms with Crippen LogP contribution in [-0.4, -0.2) is 20.5 Å². The monoisotopic (exact) mass is 512 g/mol. The van der Waals surface area contributed by atoms with E-state index in [9.17, 15) is 18.5 Å². The zero-order chi connectivity index (χ0) is 26.2. The maximum absolute atomic E-state index is 14.1. The lowest BCUT2D eigenvalue weighted by atomic mass is 9.86. The summed E-state index contributed by atoms with van der Waals surface area (Å²) in [6.07, 6.45) is 1.86. The van der Waals surface area contributed by atoms with Gasteiger partial charge >= 0.3 is 0 Å². The van der Waals surface area contributed by atoms with Crippen molar-refractivity contribution < 1.29 is 18.1 Å². The molecular weight excluding hydrogens is 488 g/mol. The van der Waals surface area contributed by atoms with Crippen LogP contribution in [0.3, 0.4) is 0 Å². The highest BCUT2D eigenvalue weighted by Crippen LogP contribution is 2.46. The van der Waals surface area contributed by atoms with E-state index in [2.05, 4.69) is 0 Å².